The smallest absolute Gasteiger partial charge is 0.249 e. The van der Waals surface area contributed by atoms with Crippen LogP contribution < -0.4 is 5.56 Å². The SMILES string of the molecule is O=c1cc(-c2nc3c4c5c(sc4ncn3n2)CCC5)c2ccccc2[nH]1. The predicted octanol–water partition coefficient (Wildman–Crippen LogP) is 3.34. The van der Waals surface area contributed by atoms with Crippen LogP contribution in [-0.2, 0) is 12.8 Å². The van der Waals surface area contributed by atoms with E-state index < -0.39 is 0 Å². The van der Waals surface area contributed by atoms with Gasteiger partial charge in [0.25, 0.3) is 0 Å². The minimum absolute atomic E-state index is 0.155. The van der Waals surface area contributed by atoms with Crippen molar-refractivity contribution in [3.63, 3.8) is 0 Å². The van der Waals surface area contributed by atoms with Gasteiger partial charge in [-0.1, -0.05) is 18.2 Å². The molecule has 0 bridgehead atoms. The van der Waals surface area contributed by atoms with E-state index in [9.17, 15) is 4.79 Å². The van der Waals surface area contributed by atoms with Crippen LogP contribution in [0.5, 0.6) is 0 Å². The van der Waals surface area contributed by atoms with Crippen LogP contribution in [0.1, 0.15) is 16.9 Å². The fourth-order valence-corrected chi connectivity index (χ4v) is 5.12. The quantitative estimate of drug-likeness (QED) is 0.498. The first-order valence-corrected chi connectivity index (χ1v) is 9.38. The van der Waals surface area contributed by atoms with Crippen LogP contribution in [0, 0.1) is 0 Å². The zero-order chi connectivity index (χ0) is 17.3. The van der Waals surface area contributed by atoms with E-state index in [2.05, 4.69) is 15.1 Å². The monoisotopic (exact) mass is 359 g/mol. The average Bonchev–Trinajstić information content (AvgIpc) is 3.33. The highest BCUT2D eigenvalue weighted by Crippen LogP contribution is 2.38. The molecule has 1 aliphatic rings. The van der Waals surface area contributed by atoms with Crippen molar-refractivity contribution in [3.05, 3.63) is 57.5 Å². The van der Waals surface area contributed by atoms with E-state index >= 15 is 0 Å². The number of aryl methyl sites for hydroxylation is 2. The summed E-state index contributed by atoms with van der Waals surface area (Å²) in [6, 6.07) is 9.29. The Morgan fingerprint density at radius 3 is 3.08 bits per heavy atom. The van der Waals surface area contributed by atoms with Gasteiger partial charge in [-0.25, -0.2) is 14.5 Å². The zero-order valence-corrected chi connectivity index (χ0v) is 14.5. The number of aromatic nitrogens is 5. The Balaban J connectivity index is 1.70. The number of benzene rings is 1. The van der Waals surface area contributed by atoms with E-state index in [0.29, 0.717) is 5.82 Å². The molecule has 126 valence electrons. The van der Waals surface area contributed by atoms with E-state index in [4.69, 9.17) is 4.98 Å². The molecule has 4 aromatic heterocycles. The molecule has 7 heteroatoms. The molecule has 0 radical (unpaired) electrons. The molecule has 0 unspecified atom stereocenters. The van der Waals surface area contributed by atoms with Crippen molar-refractivity contribution in [2.75, 3.05) is 0 Å². The van der Waals surface area contributed by atoms with Crippen molar-refractivity contribution in [2.24, 2.45) is 0 Å². The van der Waals surface area contributed by atoms with Crippen LogP contribution in [0.3, 0.4) is 0 Å². The molecular formula is C19H13N5OS. The number of nitrogens with zero attached hydrogens (tertiary/aromatic N) is 4. The summed E-state index contributed by atoms with van der Waals surface area (Å²) in [7, 11) is 0. The number of pyridine rings is 1. The molecule has 26 heavy (non-hydrogen) atoms. The third-order valence-electron chi connectivity index (χ3n) is 5.03. The molecule has 6 rings (SSSR count). The number of para-hydroxylation sites is 1. The molecule has 4 heterocycles. The first-order chi connectivity index (χ1) is 12.8. The second-order valence-corrected chi connectivity index (χ2v) is 7.66. The number of thiophene rings is 1. The Hall–Kier alpha value is -3.06. The number of hydrogen-bond acceptors (Lipinski definition) is 5. The molecule has 0 saturated heterocycles. The standard InChI is InChI=1S/C19H13N5OS/c25-15-8-12(10-4-1-2-6-13(10)21-15)17-22-18-16-11-5-3-7-14(11)26-19(16)20-9-24(18)23-17/h1-2,4,6,8-9H,3,5,7H2,(H,21,25). The van der Waals surface area contributed by atoms with Gasteiger partial charge in [0.15, 0.2) is 11.5 Å². The van der Waals surface area contributed by atoms with Crippen LogP contribution in [0.25, 0.3) is 38.2 Å². The summed E-state index contributed by atoms with van der Waals surface area (Å²) in [5, 5.41) is 6.68. The predicted molar refractivity (Wildman–Crippen MR) is 102 cm³/mol. The van der Waals surface area contributed by atoms with Crippen molar-refractivity contribution in [3.8, 4) is 11.4 Å². The van der Waals surface area contributed by atoms with Crippen LogP contribution >= 0.6 is 11.3 Å². The lowest BCUT2D eigenvalue weighted by Gasteiger charge is -2.01. The first kappa shape index (κ1) is 14.1. The first-order valence-electron chi connectivity index (χ1n) is 8.56. The maximum Gasteiger partial charge on any atom is 0.249 e. The molecule has 1 aromatic carbocycles. The van der Waals surface area contributed by atoms with E-state index in [1.54, 1.807) is 28.2 Å². The second-order valence-electron chi connectivity index (χ2n) is 6.58. The third-order valence-corrected chi connectivity index (χ3v) is 6.23. The van der Waals surface area contributed by atoms with E-state index in [-0.39, 0.29) is 5.56 Å². The number of nitrogens with one attached hydrogen (secondary N) is 1. The normalized spacial score (nSPS) is 13.8. The fourth-order valence-electron chi connectivity index (χ4n) is 3.90. The van der Waals surface area contributed by atoms with Gasteiger partial charge in [-0.15, -0.1) is 16.4 Å². The molecule has 1 N–H and O–H groups in total. The molecule has 6 nitrogen and oxygen atoms in total. The van der Waals surface area contributed by atoms with Gasteiger partial charge < -0.3 is 4.98 Å². The summed E-state index contributed by atoms with van der Waals surface area (Å²) in [6.07, 6.45) is 5.11. The van der Waals surface area contributed by atoms with Crippen molar-refractivity contribution in [1.29, 1.82) is 0 Å². The van der Waals surface area contributed by atoms with Crippen LogP contribution in [0.15, 0.2) is 41.5 Å². The molecule has 0 saturated carbocycles. The minimum atomic E-state index is -0.155. The van der Waals surface area contributed by atoms with Gasteiger partial charge >= 0.3 is 0 Å². The van der Waals surface area contributed by atoms with Crippen molar-refractivity contribution in [2.45, 2.75) is 19.3 Å². The summed E-state index contributed by atoms with van der Waals surface area (Å²) >= 11 is 1.76. The van der Waals surface area contributed by atoms with Crippen LogP contribution in [-0.4, -0.2) is 24.6 Å². The van der Waals surface area contributed by atoms with E-state index in [1.165, 1.54) is 16.9 Å². The van der Waals surface area contributed by atoms with Crippen molar-refractivity contribution >= 4 is 38.1 Å². The average molecular weight is 359 g/mol. The molecular weight excluding hydrogens is 346 g/mol. The number of fused-ring (bicyclic) bond motifs is 6. The maximum absolute atomic E-state index is 12.1. The van der Waals surface area contributed by atoms with Gasteiger partial charge in [0.1, 0.15) is 11.2 Å². The highest BCUT2D eigenvalue weighted by Gasteiger charge is 2.22. The summed E-state index contributed by atoms with van der Waals surface area (Å²) in [4.78, 5) is 26.8. The highest BCUT2D eigenvalue weighted by atomic mass is 32.1. The fraction of sp³-hybridized carbons (Fsp3) is 0.158. The Labute approximate surface area is 151 Å². The second kappa shape index (κ2) is 4.98. The van der Waals surface area contributed by atoms with Crippen molar-refractivity contribution in [1.82, 2.24) is 24.6 Å². The third kappa shape index (κ3) is 1.86. The molecule has 0 atom stereocenters. The molecule has 5 aromatic rings. The maximum atomic E-state index is 12.1. The topological polar surface area (TPSA) is 75.9 Å². The molecule has 1 aliphatic carbocycles. The van der Waals surface area contributed by atoms with Gasteiger partial charge in [-0.05, 0) is 30.9 Å². The van der Waals surface area contributed by atoms with Gasteiger partial charge in [-0.3, -0.25) is 4.79 Å². The zero-order valence-electron chi connectivity index (χ0n) is 13.7. The Kier molecular flexibility index (Phi) is 2.71. The van der Waals surface area contributed by atoms with Crippen LogP contribution in [0.2, 0.25) is 0 Å². The number of rotatable bonds is 1. The van der Waals surface area contributed by atoms with Gasteiger partial charge in [-0.2, -0.15) is 0 Å². The molecule has 0 aliphatic heterocycles. The van der Waals surface area contributed by atoms with Crippen molar-refractivity contribution < 1.29 is 0 Å². The molecule has 0 amide bonds. The highest BCUT2D eigenvalue weighted by molar-refractivity contribution is 7.19. The molecule has 0 spiro atoms. The summed E-state index contributed by atoms with van der Waals surface area (Å²) in [6.45, 7) is 0. The summed E-state index contributed by atoms with van der Waals surface area (Å²) in [5.74, 6) is 0.555. The summed E-state index contributed by atoms with van der Waals surface area (Å²) < 4.78 is 1.74. The Bertz CT molecular complexity index is 1390. The van der Waals surface area contributed by atoms with Gasteiger partial charge in [0.05, 0.1) is 5.39 Å². The lowest BCUT2D eigenvalue weighted by Crippen LogP contribution is -2.05. The lowest BCUT2D eigenvalue weighted by atomic mass is 10.1. The van der Waals surface area contributed by atoms with Gasteiger partial charge in [0.2, 0.25) is 5.56 Å². The minimum Gasteiger partial charge on any atom is -0.322 e. The Morgan fingerprint density at radius 2 is 2.12 bits per heavy atom. The lowest BCUT2D eigenvalue weighted by molar-refractivity contribution is 0.914. The van der Waals surface area contributed by atoms with Gasteiger partial charge in [0, 0.05) is 27.4 Å². The number of H-pyrrole nitrogens is 1. The largest absolute Gasteiger partial charge is 0.322 e. The van der Waals surface area contributed by atoms with E-state index in [1.807, 2.05) is 24.3 Å². The Morgan fingerprint density at radius 1 is 1.19 bits per heavy atom. The number of aromatic amines is 1. The molecule has 0 fully saturated rings. The summed E-state index contributed by atoms with van der Waals surface area (Å²) in [5.41, 5.74) is 3.57. The van der Waals surface area contributed by atoms with Crippen LogP contribution in [0.4, 0.5) is 0 Å². The van der Waals surface area contributed by atoms with E-state index in [0.717, 1.165) is 45.2 Å². The number of hydrogen-bond donors (Lipinski definition) is 1.